The lowest BCUT2D eigenvalue weighted by atomic mass is 10.1. The van der Waals surface area contributed by atoms with Crippen LogP contribution in [0.25, 0.3) is 0 Å². The first kappa shape index (κ1) is 14.7. The molecule has 20 heavy (non-hydrogen) atoms. The molecule has 5 nitrogen and oxygen atoms in total. The fourth-order valence-electron chi connectivity index (χ4n) is 2.16. The third-order valence-corrected chi connectivity index (χ3v) is 3.26. The van der Waals surface area contributed by atoms with E-state index in [0.717, 1.165) is 25.3 Å². The van der Waals surface area contributed by atoms with Crippen LogP contribution in [-0.4, -0.2) is 26.8 Å². The minimum Gasteiger partial charge on any atom is -0.310 e. The van der Waals surface area contributed by atoms with Gasteiger partial charge in [0.05, 0.1) is 13.1 Å². The molecule has 0 saturated carbocycles. The number of rotatable bonds is 7. The number of hydrogen-bond acceptors (Lipinski definition) is 4. The summed E-state index contributed by atoms with van der Waals surface area (Å²) < 4.78 is 1.88. The zero-order valence-electron chi connectivity index (χ0n) is 12.5. The number of benzene rings is 1. The van der Waals surface area contributed by atoms with Gasteiger partial charge in [-0.2, -0.15) is 0 Å². The second-order valence-electron chi connectivity index (χ2n) is 5.40. The van der Waals surface area contributed by atoms with Gasteiger partial charge in [-0.05, 0) is 40.4 Å². The molecular weight excluding hydrogens is 250 g/mol. The van der Waals surface area contributed by atoms with E-state index >= 15 is 0 Å². The Balaban J connectivity index is 2.04. The first-order valence-electron chi connectivity index (χ1n) is 7.23. The lowest BCUT2D eigenvalue weighted by molar-refractivity contribution is 0.522. The molecule has 0 aliphatic carbocycles. The molecule has 1 N–H and O–H groups in total. The van der Waals surface area contributed by atoms with Crippen LogP contribution in [-0.2, 0) is 19.5 Å². The second kappa shape index (κ2) is 7.14. The van der Waals surface area contributed by atoms with E-state index in [1.165, 1.54) is 11.1 Å². The van der Waals surface area contributed by atoms with Gasteiger partial charge in [0.2, 0.25) is 0 Å². The summed E-state index contributed by atoms with van der Waals surface area (Å²) in [5.41, 5.74) is 2.64. The van der Waals surface area contributed by atoms with Crippen LogP contribution in [0.5, 0.6) is 0 Å². The molecule has 1 aromatic heterocycles. The van der Waals surface area contributed by atoms with Crippen LogP contribution in [0.2, 0.25) is 0 Å². The maximum atomic E-state index is 4.10. The molecule has 1 aromatic carbocycles. The van der Waals surface area contributed by atoms with E-state index in [9.17, 15) is 0 Å². The molecule has 0 spiro atoms. The number of nitrogens with zero attached hydrogens (tertiary/aromatic N) is 4. The van der Waals surface area contributed by atoms with Crippen molar-refractivity contribution in [1.29, 1.82) is 0 Å². The Morgan fingerprint density at radius 3 is 2.65 bits per heavy atom. The van der Waals surface area contributed by atoms with Crippen molar-refractivity contribution in [2.45, 2.75) is 40.3 Å². The third-order valence-electron chi connectivity index (χ3n) is 3.26. The molecule has 0 unspecified atom stereocenters. The van der Waals surface area contributed by atoms with E-state index in [2.05, 4.69) is 65.9 Å². The summed E-state index contributed by atoms with van der Waals surface area (Å²) in [5.74, 6) is 1.51. The van der Waals surface area contributed by atoms with E-state index in [-0.39, 0.29) is 0 Å². The molecule has 0 aliphatic rings. The van der Waals surface area contributed by atoms with Crippen LogP contribution in [0, 0.1) is 5.92 Å². The molecule has 0 saturated heterocycles. The maximum absolute atomic E-state index is 4.10. The zero-order chi connectivity index (χ0) is 14.4. The highest BCUT2D eigenvalue weighted by molar-refractivity contribution is 5.27. The van der Waals surface area contributed by atoms with Crippen molar-refractivity contribution in [2.24, 2.45) is 5.92 Å². The Labute approximate surface area is 120 Å². The van der Waals surface area contributed by atoms with Crippen molar-refractivity contribution in [2.75, 3.05) is 6.54 Å². The molecular formula is C15H23N5. The summed E-state index contributed by atoms with van der Waals surface area (Å²) in [6, 6.07) is 8.45. The molecule has 2 rings (SSSR count). The van der Waals surface area contributed by atoms with Gasteiger partial charge in [0, 0.05) is 0 Å². The van der Waals surface area contributed by atoms with Crippen molar-refractivity contribution in [1.82, 2.24) is 25.5 Å². The Bertz CT molecular complexity index is 533. The average Bonchev–Trinajstić information content (AvgIpc) is 2.86. The fourth-order valence-corrected chi connectivity index (χ4v) is 2.16. The molecule has 0 atom stereocenters. The van der Waals surface area contributed by atoms with Crippen molar-refractivity contribution in [3.8, 4) is 0 Å². The molecule has 0 fully saturated rings. The second-order valence-corrected chi connectivity index (χ2v) is 5.40. The first-order valence-corrected chi connectivity index (χ1v) is 7.23. The van der Waals surface area contributed by atoms with Crippen LogP contribution >= 0.6 is 0 Å². The minimum absolute atomic E-state index is 0.625. The summed E-state index contributed by atoms with van der Waals surface area (Å²) in [6.45, 7) is 8.96. The summed E-state index contributed by atoms with van der Waals surface area (Å²) >= 11 is 0. The molecule has 1 heterocycles. The van der Waals surface area contributed by atoms with Gasteiger partial charge in [-0.15, -0.1) is 5.10 Å². The van der Waals surface area contributed by atoms with Crippen molar-refractivity contribution in [3.05, 3.63) is 41.2 Å². The monoisotopic (exact) mass is 273 g/mol. The summed E-state index contributed by atoms with van der Waals surface area (Å²) in [5, 5.41) is 15.4. The largest absolute Gasteiger partial charge is 0.310 e. The molecule has 0 radical (unpaired) electrons. The van der Waals surface area contributed by atoms with Crippen LogP contribution < -0.4 is 5.32 Å². The quantitative estimate of drug-likeness (QED) is 0.838. The predicted molar refractivity (Wildman–Crippen MR) is 79.3 cm³/mol. The summed E-state index contributed by atoms with van der Waals surface area (Å²) in [4.78, 5) is 0. The third kappa shape index (κ3) is 3.87. The van der Waals surface area contributed by atoms with Gasteiger partial charge in [0.15, 0.2) is 5.82 Å². The van der Waals surface area contributed by atoms with E-state index in [1.54, 1.807) is 0 Å². The number of tetrazole rings is 1. The van der Waals surface area contributed by atoms with Gasteiger partial charge in [-0.1, -0.05) is 45.0 Å². The number of hydrogen-bond donors (Lipinski definition) is 1. The highest BCUT2D eigenvalue weighted by Crippen LogP contribution is 2.11. The minimum atomic E-state index is 0.625. The number of nitrogens with one attached hydrogen (secondary N) is 1. The SMILES string of the molecule is CCc1ccccc1Cn1nnnc1CNCC(C)C. The number of aromatic nitrogens is 4. The molecule has 108 valence electrons. The smallest absolute Gasteiger partial charge is 0.165 e. The Hall–Kier alpha value is -1.75. The van der Waals surface area contributed by atoms with Crippen LogP contribution in [0.15, 0.2) is 24.3 Å². The molecule has 0 bridgehead atoms. The Kier molecular flexibility index (Phi) is 5.24. The predicted octanol–water partition coefficient (Wildman–Crippen LogP) is 2.03. The molecule has 0 aliphatic heterocycles. The lowest BCUT2D eigenvalue weighted by Gasteiger charge is -2.10. The standard InChI is InChI=1S/C15H23N5/c1-4-13-7-5-6-8-14(13)11-20-15(17-18-19-20)10-16-9-12(2)3/h5-8,12,16H,4,9-11H2,1-3H3. The first-order chi connectivity index (χ1) is 9.70. The van der Waals surface area contributed by atoms with Crippen molar-refractivity contribution in [3.63, 3.8) is 0 Å². The zero-order valence-corrected chi connectivity index (χ0v) is 12.5. The highest BCUT2D eigenvalue weighted by atomic mass is 15.5. The molecule has 5 heteroatoms. The Morgan fingerprint density at radius 2 is 1.95 bits per heavy atom. The summed E-state index contributed by atoms with van der Waals surface area (Å²) in [7, 11) is 0. The lowest BCUT2D eigenvalue weighted by Crippen LogP contribution is -2.22. The van der Waals surface area contributed by atoms with Gasteiger partial charge >= 0.3 is 0 Å². The normalized spacial score (nSPS) is 11.2. The maximum Gasteiger partial charge on any atom is 0.165 e. The van der Waals surface area contributed by atoms with Crippen LogP contribution in [0.1, 0.15) is 37.7 Å². The topological polar surface area (TPSA) is 55.6 Å². The average molecular weight is 273 g/mol. The van der Waals surface area contributed by atoms with Gasteiger partial charge < -0.3 is 5.32 Å². The summed E-state index contributed by atoms with van der Waals surface area (Å²) in [6.07, 6.45) is 1.03. The van der Waals surface area contributed by atoms with Gasteiger partial charge in [-0.3, -0.25) is 0 Å². The van der Waals surface area contributed by atoms with E-state index in [1.807, 2.05) is 4.68 Å². The van der Waals surface area contributed by atoms with Gasteiger partial charge in [0.1, 0.15) is 0 Å². The molecule has 0 amide bonds. The molecule has 2 aromatic rings. The van der Waals surface area contributed by atoms with Crippen molar-refractivity contribution >= 4 is 0 Å². The van der Waals surface area contributed by atoms with Crippen LogP contribution in [0.3, 0.4) is 0 Å². The number of aryl methyl sites for hydroxylation is 1. The highest BCUT2D eigenvalue weighted by Gasteiger charge is 2.08. The Morgan fingerprint density at radius 1 is 1.20 bits per heavy atom. The van der Waals surface area contributed by atoms with Crippen molar-refractivity contribution < 1.29 is 0 Å². The fraction of sp³-hybridized carbons (Fsp3) is 0.533. The van der Waals surface area contributed by atoms with E-state index < -0.39 is 0 Å². The van der Waals surface area contributed by atoms with Gasteiger partial charge in [-0.25, -0.2) is 4.68 Å². The van der Waals surface area contributed by atoms with Gasteiger partial charge in [0.25, 0.3) is 0 Å². The van der Waals surface area contributed by atoms with Crippen LogP contribution in [0.4, 0.5) is 0 Å². The van der Waals surface area contributed by atoms with E-state index in [4.69, 9.17) is 0 Å². The van der Waals surface area contributed by atoms with E-state index in [0.29, 0.717) is 12.5 Å².